The molecular formula is H12NO11P. The molecule has 0 aromatic heterocycles. The standard InChI is InChI=1S/HNO3.H3O4P.4H2O/c2-1(3)4;1-5(2,3)4;;;;/h(H,2,3,4);(H3,1,2,3,4);4*1H2. The fraction of sp³-hybridized carbons (Fsp3) is 0. The molecule has 0 aliphatic heterocycles. The number of phosphoric acid groups is 1. The number of rotatable bonds is 0. The summed E-state index contributed by atoms with van der Waals surface area (Å²) in [5.74, 6) is 0. The maximum absolute atomic E-state index is 8.88. The van der Waals surface area contributed by atoms with Gasteiger partial charge in [-0.05, 0) is 0 Å². The van der Waals surface area contributed by atoms with E-state index in [4.69, 9.17) is 34.6 Å². The van der Waals surface area contributed by atoms with E-state index < -0.39 is 12.9 Å². The maximum atomic E-state index is 8.88. The molecule has 0 aromatic rings. The summed E-state index contributed by atoms with van der Waals surface area (Å²) in [4.78, 5) is 29.9. The molecule has 0 bridgehead atoms. The fourth-order valence-corrected chi connectivity index (χ4v) is 0. The van der Waals surface area contributed by atoms with Crippen molar-refractivity contribution in [2.24, 2.45) is 0 Å². The predicted molar refractivity (Wildman–Crippen MR) is 37.5 cm³/mol. The maximum Gasteiger partial charge on any atom is 0.466 e. The summed E-state index contributed by atoms with van der Waals surface area (Å²) in [5, 5.41) is 13.6. The highest BCUT2D eigenvalue weighted by Gasteiger charge is 2.00. The van der Waals surface area contributed by atoms with Gasteiger partial charge < -0.3 is 41.8 Å². The Bertz CT molecular complexity index is 110. The van der Waals surface area contributed by atoms with Gasteiger partial charge in [0.25, 0.3) is 5.09 Å². The molecule has 0 rings (SSSR count). The van der Waals surface area contributed by atoms with Crippen LogP contribution < -0.4 is 0 Å². The van der Waals surface area contributed by atoms with E-state index in [9.17, 15) is 0 Å². The molecule has 0 saturated carbocycles. The van der Waals surface area contributed by atoms with Crippen LogP contribution in [0.25, 0.3) is 0 Å². The summed E-state index contributed by atoms with van der Waals surface area (Å²) in [5.41, 5.74) is 0. The first-order valence-corrected chi connectivity index (χ1v) is 2.91. The zero-order valence-electron chi connectivity index (χ0n) is 5.91. The molecule has 0 fully saturated rings. The van der Waals surface area contributed by atoms with Crippen LogP contribution in [0.5, 0.6) is 0 Å². The Morgan fingerprint density at radius 3 is 1.00 bits per heavy atom. The van der Waals surface area contributed by atoms with E-state index in [1.54, 1.807) is 0 Å². The van der Waals surface area contributed by atoms with Crippen LogP contribution in [0.2, 0.25) is 0 Å². The quantitative estimate of drug-likeness (QED) is 0.180. The Morgan fingerprint density at radius 1 is 1.00 bits per heavy atom. The van der Waals surface area contributed by atoms with Crippen molar-refractivity contribution in [1.29, 1.82) is 0 Å². The average molecular weight is 233 g/mol. The number of nitrogens with zero attached hydrogens (tertiary/aromatic N) is 1. The molecule has 88 valence electrons. The summed E-state index contributed by atoms with van der Waals surface area (Å²) in [6, 6.07) is 0. The smallest absolute Gasteiger partial charge is 0.412 e. The highest BCUT2D eigenvalue weighted by Crippen LogP contribution is 2.25. The molecule has 0 aliphatic rings. The average Bonchev–Trinajstić information content (AvgIpc) is 1.19. The van der Waals surface area contributed by atoms with Gasteiger partial charge in [0.05, 0.1) is 0 Å². The fourth-order valence-electron chi connectivity index (χ4n) is 0. The predicted octanol–water partition coefficient (Wildman–Crippen LogP) is -4.58. The molecule has 0 spiro atoms. The van der Waals surface area contributed by atoms with Gasteiger partial charge in [0.2, 0.25) is 0 Å². The summed E-state index contributed by atoms with van der Waals surface area (Å²) < 4.78 is 8.88. The van der Waals surface area contributed by atoms with Crippen molar-refractivity contribution in [3.63, 3.8) is 0 Å². The Balaban J connectivity index is -0.0000000146. The van der Waals surface area contributed by atoms with E-state index in [2.05, 4.69) is 0 Å². The molecule has 0 radical (unpaired) electrons. The lowest BCUT2D eigenvalue weighted by atomic mass is 13.1. The third-order valence-corrected chi connectivity index (χ3v) is 0. The zero-order valence-corrected chi connectivity index (χ0v) is 6.80. The highest BCUT2D eigenvalue weighted by molar-refractivity contribution is 7.45. The molecule has 13 heavy (non-hydrogen) atoms. The van der Waals surface area contributed by atoms with E-state index in [0.717, 1.165) is 0 Å². The SMILES string of the molecule is O.O.O.O.O=P(O)(O)O.O=[N+]([O-])O. The first-order chi connectivity index (χ1) is 3.73. The lowest BCUT2D eigenvalue weighted by Gasteiger charge is -1.82. The highest BCUT2D eigenvalue weighted by atomic mass is 31.2. The summed E-state index contributed by atoms with van der Waals surface area (Å²) in [6.45, 7) is 0. The second-order valence-electron chi connectivity index (χ2n) is 0.751. The third kappa shape index (κ3) is 1290. The van der Waals surface area contributed by atoms with Gasteiger partial charge in [-0.15, -0.1) is 10.1 Å². The van der Waals surface area contributed by atoms with Crippen molar-refractivity contribution < 1.29 is 51.4 Å². The molecular weight excluding hydrogens is 221 g/mol. The minimum Gasteiger partial charge on any atom is -0.412 e. The molecule has 0 amide bonds. The van der Waals surface area contributed by atoms with Gasteiger partial charge in [0.1, 0.15) is 0 Å². The van der Waals surface area contributed by atoms with Crippen LogP contribution in [0.3, 0.4) is 0 Å². The monoisotopic (exact) mass is 233 g/mol. The zero-order chi connectivity index (χ0) is 8.08. The molecule has 0 aromatic carbocycles. The summed E-state index contributed by atoms with van der Waals surface area (Å²) in [7, 11) is -4.64. The summed E-state index contributed by atoms with van der Waals surface area (Å²) >= 11 is 0. The van der Waals surface area contributed by atoms with E-state index >= 15 is 0 Å². The van der Waals surface area contributed by atoms with Crippen molar-refractivity contribution in [2.75, 3.05) is 0 Å². The third-order valence-electron chi connectivity index (χ3n) is 0. The van der Waals surface area contributed by atoms with E-state index in [0.29, 0.717) is 0 Å². The van der Waals surface area contributed by atoms with Crippen LogP contribution in [0.4, 0.5) is 0 Å². The molecule has 0 unspecified atom stereocenters. The van der Waals surface area contributed by atoms with Crippen LogP contribution in [-0.4, -0.2) is 46.9 Å². The molecule has 0 heterocycles. The Kier molecular flexibility index (Phi) is 53.1. The molecule has 0 saturated heterocycles. The minimum atomic E-state index is -4.64. The van der Waals surface area contributed by atoms with E-state index in [1.165, 1.54) is 0 Å². The lowest BCUT2D eigenvalue weighted by molar-refractivity contribution is -0.742. The van der Waals surface area contributed by atoms with Crippen LogP contribution >= 0.6 is 7.82 Å². The van der Waals surface area contributed by atoms with Crippen LogP contribution in [0.1, 0.15) is 0 Å². The molecule has 12 N–H and O–H groups in total. The van der Waals surface area contributed by atoms with Gasteiger partial charge in [0, 0.05) is 0 Å². The molecule has 0 atom stereocenters. The Morgan fingerprint density at radius 2 is 1.00 bits per heavy atom. The van der Waals surface area contributed by atoms with Crippen LogP contribution in [-0.2, 0) is 4.57 Å². The number of hydrogen-bond acceptors (Lipinski definition) is 3. The summed E-state index contributed by atoms with van der Waals surface area (Å²) in [6.07, 6.45) is 0. The van der Waals surface area contributed by atoms with E-state index in [1.807, 2.05) is 0 Å². The van der Waals surface area contributed by atoms with Gasteiger partial charge in [-0.1, -0.05) is 0 Å². The van der Waals surface area contributed by atoms with Gasteiger partial charge in [-0.2, -0.15) is 0 Å². The lowest BCUT2D eigenvalue weighted by Crippen LogP contribution is -1.81. The van der Waals surface area contributed by atoms with Crippen LogP contribution in [0, 0.1) is 10.1 Å². The first kappa shape index (κ1) is 39.9. The second-order valence-corrected chi connectivity index (χ2v) is 1.78. The second kappa shape index (κ2) is 17.3. The molecule has 0 aliphatic carbocycles. The van der Waals surface area contributed by atoms with Gasteiger partial charge in [0.15, 0.2) is 0 Å². The van der Waals surface area contributed by atoms with Gasteiger partial charge in [-0.25, -0.2) is 4.57 Å². The minimum absolute atomic E-state index is 0. The molecule has 12 nitrogen and oxygen atoms in total. The molecule has 13 heteroatoms. The Hall–Kier alpha value is -0.850. The van der Waals surface area contributed by atoms with Crippen molar-refractivity contribution in [3.8, 4) is 0 Å². The van der Waals surface area contributed by atoms with Gasteiger partial charge in [-0.3, -0.25) is 0 Å². The van der Waals surface area contributed by atoms with Crippen LogP contribution in [0.15, 0.2) is 0 Å². The topological polar surface area (TPSA) is 267 Å². The number of hydrogen-bond donors (Lipinski definition) is 4. The normalized spacial score (nSPS) is 6.38. The van der Waals surface area contributed by atoms with Crippen molar-refractivity contribution in [1.82, 2.24) is 0 Å². The van der Waals surface area contributed by atoms with Crippen molar-refractivity contribution in [2.45, 2.75) is 0 Å². The van der Waals surface area contributed by atoms with E-state index in [-0.39, 0.29) is 21.9 Å². The largest absolute Gasteiger partial charge is 0.466 e. The van der Waals surface area contributed by atoms with Crippen molar-refractivity contribution >= 4 is 7.82 Å². The Labute approximate surface area is 70.6 Å². The van der Waals surface area contributed by atoms with Gasteiger partial charge >= 0.3 is 7.82 Å². The first-order valence-electron chi connectivity index (χ1n) is 1.35. The van der Waals surface area contributed by atoms with Crippen molar-refractivity contribution in [3.05, 3.63) is 10.1 Å².